The molecule has 10 nitrogen and oxygen atoms in total. The predicted molar refractivity (Wildman–Crippen MR) is 137 cm³/mol. The van der Waals surface area contributed by atoms with E-state index in [1.807, 2.05) is 0 Å². The molecule has 13 heteroatoms. The normalized spacial score (nSPS) is 20.1. The maximum Gasteiger partial charge on any atom is 0.247 e. The third kappa shape index (κ3) is 4.50. The molecule has 0 saturated carbocycles. The van der Waals surface area contributed by atoms with Crippen molar-refractivity contribution >= 4 is 23.1 Å². The summed E-state index contributed by atoms with van der Waals surface area (Å²) in [6, 6.07) is 6.83. The van der Waals surface area contributed by atoms with Gasteiger partial charge in [0.15, 0.2) is 5.82 Å². The number of carbonyl (C=O) groups is 1. The molecule has 1 unspecified atom stereocenters. The number of nitrogens with zero attached hydrogens (tertiary/aromatic N) is 6. The van der Waals surface area contributed by atoms with E-state index in [4.69, 9.17) is 17.3 Å². The van der Waals surface area contributed by atoms with Crippen LogP contribution >= 0.6 is 11.6 Å². The number of aromatic amines is 1. The van der Waals surface area contributed by atoms with Gasteiger partial charge < -0.3 is 20.7 Å². The lowest BCUT2D eigenvalue weighted by atomic mass is 9.96. The first-order valence-electron chi connectivity index (χ1n) is 12.3. The number of tetrazole rings is 1. The number of allylic oxidation sites excluding steroid dienone is 1. The molecule has 6 rings (SSSR count). The van der Waals surface area contributed by atoms with E-state index in [9.17, 15) is 14.3 Å². The van der Waals surface area contributed by atoms with Gasteiger partial charge >= 0.3 is 0 Å². The van der Waals surface area contributed by atoms with Gasteiger partial charge in [0.1, 0.15) is 24.2 Å². The number of aliphatic hydroxyl groups excluding tert-OH is 1. The first-order chi connectivity index (χ1) is 18.8. The highest BCUT2D eigenvalue weighted by atomic mass is 35.5. The summed E-state index contributed by atoms with van der Waals surface area (Å²) < 4.78 is 31.4. The molecule has 0 aliphatic carbocycles. The highest BCUT2D eigenvalue weighted by molar-refractivity contribution is 6.31. The average Bonchev–Trinajstić information content (AvgIpc) is 3.67. The summed E-state index contributed by atoms with van der Waals surface area (Å²) in [6.07, 6.45) is 5.50. The van der Waals surface area contributed by atoms with Crippen LogP contribution < -0.4 is 5.73 Å². The largest absolute Gasteiger partial charge is 0.375 e. The number of hydrogen-bond donors (Lipinski definition) is 3. The van der Waals surface area contributed by atoms with Crippen molar-refractivity contribution in [2.45, 2.75) is 44.0 Å². The number of aliphatic hydroxyl groups is 1. The number of halogens is 3. The average molecular weight is 553 g/mol. The molecule has 1 fully saturated rings. The van der Waals surface area contributed by atoms with Gasteiger partial charge in [-0.1, -0.05) is 17.7 Å². The lowest BCUT2D eigenvalue weighted by molar-refractivity contribution is -0.128. The summed E-state index contributed by atoms with van der Waals surface area (Å²) in [5.74, 6) is -0.948. The van der Waals surface area contributed by atoms with E-state index in [2.05, 4.69) is 25.5 Å². The van der Waals surface area contributed by atoms with Gasteiger partial charge in [-0.25, -0.2) is 13.8 Å². The quantitative estimate of drug-likeness (QED) is 0.320. The fraction of sp³-hybridized carbons (Fsp3) is 0.269. The fourth-order valence-electron chi connectivity index (χ4n) is 5.47. The van der Waals surface area contributed by atoms with E-state index in [1.165, 1.54) is 41.5 Å². The molecular formula is C26H23ClF2N8O2. The van der Waals surface area contributed by atoms with Crippen LogP contribution in [0.2, 0.25) is 5.02 Å². The Labute approximate surface area is 226 Å². The second-order valence-electron chi connectivity index (χ2n) is 9.58. The number of amides is 1. The Kier molecular flexibility index (Phi) is 6.45. The summed E-state index contributed by atoms with van der Waals surface area (Å²) in [5.41, 5.74) is 7.46. The van der Waals surface area contributed by atoms with Crippen LogP contribution in [0.15, 0.2) is 48.9 Å². The highest BCUT2D eigenvalue weighted by Gasteiger charge is 2.40. The second kappa shape index (κ2) is 9.95. The number of nitrogens with two attached hydrogens (primary N) is 1. The zero-order valence-corrected chi connectivity index (χ0v) is 21.2. The van der Waals surface area contributed by atoms with Crippen LogP contribution in [0.5, 0.6) is 0 Å². The van der Waals surface area contributed by atoms with Crippen LogP contribution in [0.4, 0.5) is 8.78 Å². The molecule has 2 aromatic heterocycles. The van der Waals surface area contributed by atoms with Gasteiger partial charge in [-0.15, -0.1) is 5.10 Å². The topological polar surface area (TPSA) is 139 Å². The van der Waals surface area contributed by atoms with Crippen LogP contribution in [0, 0.1) is 11.6 Å². The number of fused-ring (bicyclic) bond motifs is 1. The first kappa shape index (κ1) is 25.3. The number of nitrogens with one attached hydrogen (secondary N) is 1. The van der Waals surface area contributed by atoms with E-state index in [-0.39, 0.29) is 39.7 Å². The van der Waals surface area contributed by atoms with Crippen molar-refractivity contribution < 1.29 is 18.7 Å². The molecule has 0 radical (unpaired) electrons. The van der Waals surface area contributed by atoms with Crippen LogP contribution in [0.25, 0.3) is 22.5 Å². The Balaban J connectivity index is 1.32. The molecule has 0 bridgehead atoms. The number of H-pyrrole nitrogens is 1. The van der Waals surface area contributed by atoms with Crippen molar-refractivity contribution in [3.05, 3.63) is 82.5 Å². The second-order valence-corrected chi connectivity index (χ2v) is 9.98. The molecule has 2 aliphatic rings. The van der Waals surface area contributed by atoms with E-state index >= 15 is 4.39 Å². The van der Waals surface area contributed by atoms with Gasteiger partial charge in [-0.3, -0.25) is 4.79 Å². The number of carbonyl (C=O) groups excluding carboxylic acids is 1. The molecule has 4 heterocycles. The number of rotatable bonds is 5. The molecule has 1 amide bonds. The standard InChI is InChI=1S/C26H23ClF2N8O2/c27-17-6-8-20(36-12-32-34-35-36)23(24(17)29)13-1-3-15-4-7-21(37(15)22(38)10-13)26-31-11-19(33-26)16-5-2-14(25(30)39)9-18(16)28/h2,5-6,8-12,15,21,25,39H,1,3-4,7,30H2,(H,31,33)/t15-,21-,25?/m0/s1. The van der Waals surface area contributed by atoms with E-state index in [1.54, 1.807) is 17.0 Å². The Morgan fingerprint density at radius 2 is 2.03 bits per heavy atom. The van der Waals surface area contributed by atoms with Crippen molar-refractivity contribution in [2.24, 2.45) is 5.73 Å². The summed E-state index contributed by atoms with van der Waals surface area (Å²) in [6.45, 7) is 0. The fourth-order valence-corrected chi connectivity index (χ4v) is 5.63. The number of imidazole rings is 1. The number of aromatic nitrogens is 6. The Hall–Kier alpha value is -4.00. The van der Waals surface area contributed by atoms with Gasteiger partial charge in [0.2, 0.25) is 5.91 Å². The third-order valence-corrected chi connectivity index (χ3v) is 7.62. The zero-order valence-electron chi connectivity index (χ0n) is 20.4. The highest BCUT2D eigenvalue weighted by Crippen LogP contribution is 2.42. The Bertz CT molecular complexity index is 1590. The van der Waals surface area contributed by atoms with Gasteiger partial charge in [0.05, 0.1) is 28.6 Å². The van der Waals surface area contributed by atoms with Crippen LogP contribution in [0.3, 0.4) is 0 Å². The van der Waals surface area contributed by atoms with Crippen LogP contribution in [-0.2, 0) is 4.79 Å². The van der Waals surface area contributed by atoms with Gasteiger partial charge in [0.25, 0.3) is 0 Å². The maximum absolute atomic E-state index is 15.3. The zero-order chi connectivity index (χ0) is 27.3. The monoisotopic (exact) mass is 552 g/mol. The van der Waals surface area contributed by atoms with Gasteiger partial charge in [-0.2, -0.15) is 4.68 Å². The molecule has 0 spiro atoms. The lowest BCUT2D eigenvalue weighted by Crippen LogP contribution is -2.35. The third-order valence-electron chi connectivity index (χ3n) is 7.33. The van der Waals surface area contributed by atoms with Crippen molar-refractivity contribution in [3.8, 4) is 16.9 Å². The molecule has 2 aliphatic heterocycles. The van der Waals surface area contributed by atoms with Crippen molar-refractivity contribution in [1.29, 1.82) is 0 Å². The molecule has 3 atom stereocenters. The van der Waals surface area contributed by atoms with Gasteiger partial charge in [-0.05, 0) is 71.5 Å². The van der Waals surface area contributed by atoms with E-state index in [0.717, 1.165) is 6.42 Å². The smallest absolute Gasteiger partial charge is 0.247 e. The molecule has 2 aromatic carbocycles. The number of benzene rings is 2. The molecule has 39 heavy (non-hydrogen) atoms. The van der Waals surface area contributed by atoms with Crippen LogP contribution in [-0.4, -0.2) is 52.1 Å². The summed E-state index contributed by atoms with van der Waals surface area (Å²) in [4.78, 5) is 23.0. The van der Waals surface area contributed by atoms with Crippen molar-refractivity contribution in [3.63, 3.8) is 0 Å². The summed E-state index contributed by atoms with van der Waals surface area (Å²) in [7, 11) is 0. The van der Waals surface area contributed by atoms with Crippen molar-refractivity contribution in [1.82, 2.24) is 35.1 Å². The predicted octanol–water partition coefficient (Wildman–Crippen LogP) is 3.84. The Morgan fingerprint density at radius 1 is 1.18 bits per heavy atom. The molecule has 4 N–H and O–H groups in total. The number of hydrogen-bond acceptors (Lipinski definition) is 7. The van der Waals surface area contributed by atoms with Crippen LogP contribution in [0.1, 0.15) is 54.9 Å². The lowest BCUT2D eigenvalue weighted by Gasteiger charge is -2.27. The SMILES string of the molecule is NC(O)c1ccc(-c2cnc([C@@H]3CC[C@@H]4CCC(c5c(-n6cnnn6)ccc(Cl)c5F)=CC(=O)N43)[nH]2)c(F)c1. The maximum atomic E-state index is 15.3. The molecule has 4 aromatic rings. The summed E-state index contributed by atoms with van der Waals surface area (Å²) >= 11 is 6.11. The van der Waals surface area contributed by atoms with E-state index < -0.39 is 17.9 Å². The Morgan fingerprint density at radius 3 is 2.77 bits per heavy atom. The first-order valence-corrected chi connectivity index (χ1v) is 12.7. The minimum atomic E-state index is -1.28. The molecular weight excluding hydrogens is 530 g/mol. The van der Waals surface area contributed by atoms with Gasteiger partial charge in [0, 0.05) is 23.2 Å². The van der Waals surface area contributed by atoms with Crippen molar-refractivity contribution in [2.75, 3.05) is 0 Å². The minimum absolute atomic E-state index is 0.0675. The minimum Gasteiger partial charge on any atom is -0.375 e. The molecule has 1 saturated heterocycles. The summed E-state index contributed by atoms with van der Waals surface area (Å²) in [5, 5.41) is 20.6. The molecule has 200 valence electrons. The van der Waals surface area contributed by atoms with E-state index in [0.29, 0.717) is 42.0 Å².